The summed E-state index contributed by atoms with van der Waals surface area (Å²) in [5.74, 6) is 0.639. The first-order valence-electron chi connectivity index (χ1n) is 9.18. The van der Waals surface area contributed by atoms with E-state index >= 15 is 0 Å². The zero-order valence-corrected chi connectivity index (χ0v) is 15.6. The predicted octanol–water partition coefficient (Wildman–Crippen LogP) is 2.64. The van der Waals surface area contributed by atoms with Crippen LogP contribution in [0.3, 0.4) is 0 Å². The van der Waals surface area contributed by atoms with Gasteiger partial charge in [0.15, 0.2) is 0 Å². The van der Waals surface area contributed by atoms with Gasteiger partial charge < -0.3 is 19.9 Å². The van der Waals surface area contributed by atoms with Gasteiger partial charge in [0.2, 0.25) is 0 Å². The molecule has 1 saturated heterocycles. The summed E-state index contributed by atoms with van der Waals surface area (Å²) in [5, 5.41) is 2.94. The molecule has 0 aliphatic carbocycles. The van der Waals surface area contributed by atoms with Crippen LogP contribution in [0.5, 0.6) is 5.75 Å². The number of amides is 2. The lowest BCUT2D eigenvalue weighted by Crippen LogP contribution is -2.50. The lowest BCUT2D eigenvalue weighted by molar-refractivity contribution is 0.0719. The number of ether oxygens (including phenoxy) is 1. The van der Waals surface area contributed by atoms with Crippen LogP contribution in [0.4, 0.5) is 5.69 Å². The summed E-state index contributed by atoms with van der Waals surface area (Å²) in [7, 11) is 3.61. The van der Waals surface area contributed by atoms with E-state index in [9.17, 15) is 9.59 Å². The average Bonchev–Trinajstić information content (AvgIpc) is 3.20. The van der Waals surface area contributed by atoms with Crippen LogP contribution in [0.15, 0.2) is 42.5 Å². The lowest BCUT2D eigenvalue weighted by atomic mass is 10.0. The van der Waals surface area contributed by atoms with Gasteiger partial charge in [0.1, 0.15) is 11.9 Å². The third-order valence-electron chi connectivity index (χ3n) is 5.43. The van der Waals surface area contributed by atoms with Crippen molar-refractivity contribution in [2.24, 2.45) is 0 Å². The van der Waals surface area contributed by atoms with Gasteiger partial charge in [-0.05, 0) is 37.1 Å². The van der Waals surface area contributed by atoms with Gasteiger partial charge in [-0.15, -0.1) is 0 Å². The van der Waals surface area contributed by atoms with Crippen molar-refractivity contribution in [2.45, 2.75) is 25.6 Å². The second-order valence-corrected chi connectivity index (χ2v) is 6.96. The molecule has 1 N–H and O–H groups in total. The molecule has 0 bridgehead atoms. The molecule has 2 aliphatic heterocycles. The van der Waals surface area contributed by atoms with E-state index in [1.54, 1.807) is 19.2 Å². The third-order valence-corrected chi connectivity index (χ3v) is 5.43. The molecule has 2 aromatic rings. The van der Waals surface area contributed by atoms with E-state index in [1.165, 1.54) is 0 Å². The largest absolute Gasteiger partial charge is 0.496 e. The van der Waals surface area contributed by atoms with Gasteiger partial charge in [0.05, 0.1) is 18.4 Å². The summed E-state index contributed by atoms with van der Waals surface area (Å²) in [6.45, 7) is 1.18. The number of benzene rings is 2. The van der Waals surface area contributed by atoms with E-state index in [4.69, 9.17) is 4.74 Å². The minimum Gasteiger partial charge on any atom is -0.496 e. The van der Waals surface area contributed by atoms with Crippen LogP contribution >= 0.6 is 0 Å². The number of nitrogens with zero attached hydrogens (tertiary/aromatic N) is 2. The Bertz CT molecular complexity index is 896. The molecule has 0 spiro atoms. The summed E-state index contributed by atoms with van der Waals surface area (Å²) in [4.78, 5) is 29.4. The van der Waals surface area contributed by atoms with Crippen molar-refractivity contribution < 1.29 is 14.3 Å². The number of methoxy groups -OCH3 is 1. The van der Waals surface area contributed by atoms with Gasteiger partial charge in [-0.2, -0.15) is 0 Å². The van der Waals surface area contributed by atoms with Crippen LogP contribution in [0.2, 0.25) is 0 Å². The Balaban J connectivity index is 1.54. The van der Waals surface area contributed by atoms with Crippen LogP contribution in [-0.4, -0.2) is 43.6 Å². The highest BCUT2D eigenvalue weighted by Gasteiger charge is 2.38. The Labute approximate surface area is 158 Å². The number of carbonyl (C=O) groups is 2. The van der Waals surface area contributed by atoms with Crippen molar-refractivity contribution in [2.75, 3.05) is 25.6 Å². The van der Waals surface area contributed by atoms with E-state index in [-0.39, 0.29) is 18.0 Å². The first kappa shape index (κ1) is 17.4. The number of fused-ring (bicyclic) bond motifs is 2. The first-order chi connectivity index (χ1) is 13.1. The summed E-state index contributed by atoms with van der Waals surface area (Å²) >= 11 is 0. The van der Waals surface area contributed by atoms with Gasteiger partial charge in [-0.1, -0.05) is 18.2 Å². The summed E-state index contributed by atoms with van der Waals surface area (Å²) in [5.41, 5.74) is 2.96. The zero-order chi connectivity index (χ0) is 19.0. The number of rotatable bonds is 4. The molecule has 2 heterocycles. The molecule has 4 rings (SSSR count). The second kappa shape index (κ2) is 6.95. The number of carbonyl (C=O) groups excluding carboxylic acids is 2. The van der Waals surface area contributed by atoms with Crippen molar-refractivity contribution in [3.63, 3.8) is 0 Å². The standard InChI is InChI=1S/C21H23N3O3/c1-23-17-12-14(9-10-16(17)21(26)24-11-5-8-19(23)24)20(25)22-13-15-6-3-4-7-18(15)27-2/h3-4,6-7,9-10,12,19H,5,8,11,13H2,1-2H3,(H,22,25). The predicted molar refractivity (Wildman–Crippen MR) is 103 cm³/mol. The number of nitrogens with one attached hydrogen (secondary N) is 1. The van der Waals surface area contributed by atoms with Gasteiger partial charge >= 0.3 is 0 Å². The van der Waals surface area contributed by atoms with Crippen LogP contribution in [0, 0.1) is 0 Å². The maximum atomic E-state index is 12.7. The Morgan fingerprint density at radius 1 is 1.26 bits per heavy atom. The lowest BCUT2D eigenvalue weighted by Gasteiger charge is -2.40. The van der Waals surface area contributed by atoms with E-state index in [1.807, 2.05) is 42.3 Å². The molecule has 6 nitrogen and oxygen atoms in total. The Morgan fingerprint density at radius 2 is 2.07 bits per heavy atom. The molecule has 6 heteroatoms. The summed E-state index contributed by atoms with van der Waals surface area (Å²) in [6, 6.07) is 12.9. The van der Waals surface area contributed by atoms with Crippen molar-refractivity contribution in [1.29, 1.82) is 0 Å². The van der Waals surface area contributed by atoms with Crippen molar-refractivity contribution in [3.05, 3.63) is 59.2 Å². The van der Waals surface area contributed by atoms with Gasteiger partial charge in [-0.3, -0.25) is 9.59 Å². The monoisotopic (exact) mass is 365 g/mol. The summed E-state index contributed by atoms with van der Waals surface area (Å²) < 4.78 is 5.32. The summed E-state index contributed by atoms with van der Waals surface area (Å²) in [6.07, 6.45) is 2.07. The molecule has 27 heavy (non-hydrogen) atoms. The Hall–Kier alpha value is -3.02. The fraction of sp³-hybridized carbons (Fsp3) is 0.333. The molecule has 2 aromatic carbocycles. The topological polar surface area (TPSA) is 61.9 Å². The fourth-order valence-electron chi connectivity index (χ4n) is 3.98. The molecule has 1 atom stereocenters. The van der Waals surface area contributed by atoms with Crippen LogP contribution in [0.1, 0.15) is 39.1 Å². The van der Waals surface area contributed by atoms with E-state index in [0.29, 0.717) is 17.7 Å². The minimum atomic E-state index is -0.168. The Morgan fingerprint density at radius 3 is 2.89 bits per heavy atom. The molecule has 140 valence electrons. The van der Waals surface area contributed by atoms with Crippen molar-refractivity contribution in [3.8, 4) is 5.75 Å². The third kappa shape index (κ3) is 3.01. The zero-order valence-electron chi connectivity index (χ0n) is 15.6. The van der Waals surface area contributed by atoms with Crippen molar-refractivity contribution >= 4 is 17.5 Å². The number of hydrogen-bond donors (Lipinski definition) is 1. The maximum Gasteiger partial charge on any atom is 0.257 e. The molecule has 0 saturated carbocycles. The quantitative estimate of drug-likeness (QED) is 0.905. The minimum absolute atomic E-state index is 0.0616. The average molecular weight is 365 g/mol. The smallest absolute Gasteiger partial charge is 0.257 e. The normalized spacial score (nSPS) is 18.1. The molecular weight excluding hydrogens is 342 g/mol. The fourth-order valence-corrected chi connectivity index (χ4v) is 3.98. The molecule has 1 unspecified atom stereocenters. The highest BCUT2D eigenvalue weighted by molar-refractivity contribution is 6.04. The maximum absolute atomic E-state index is 12.7. The SMILES string of the molecule is COc1ccccc1CNC(=O)c1ccc2c(c1)N(C)C1CCCN1C2=O. The van der Waals surface area contributed by atoms with E-state index in [0.717, 1.165) is 36.4 Å². The van der Waals surface area contributed by atoms with Crippen molar-refractivity contribution in [1.82, 2.24) is 10.2 Å². The van der Waals surface area contributed by atoms with Gasteiger partial charge in [-0.25, -0.2) is 0 Å². The van der Waals surface area contributed by atoms with Crippen LogP contribution in [-0.2, 0) is 6.54 Å². The van der Waals surface area contributed by atoms with Crippen LogP contribution in [0.25, 0.3) is 0 Å². The molecule has 2 aliphatic rings. The Kier molecular flexibility index (Phi) is 4.48. The molecule has 2 amide bonds. The van der Waals surface area contributed by atoms with E-state index < -0.39 is 0 Å². The van der Waals surface area contributed by atoms with E-state index in [2.05, 4.69) is 10.2 Å². The highest BCUT2D eigenvalue weighted by Crippen LogP contribution is 2.35. The number of hydrogen-bond acceptors (Lipinski definition) is 4. The molecule has 0 radical (unpaired) electrons. The van der Waals surface area contributed by atoms with Gasteiger partial charge in [0.25, 0.3) is 11.8 Å². The molecule has 1 fully saturated rings. The number of anilines is 1. The molecular formula is C21H23N3O3. The second-order valence-electron chi connectivity index (χ2n) is 6.96. The van der Waals surface area contributed by atoms with Crippen LogP contribution < -0.4 is 15.0 Å². The first-order valence-corrected chi connectivity index (χ1v) is 9.18. The highest BCUT2D eigenvalue weighted by atomic mass is 16.5. The molecule has 0 aromatic heterocycles. The number of para-hydroxylation sites is 1. The van der Waals surface area contributed by atoms with Gasteiger partial charge in [0, 0.05) is 31.3 Å².